The molecule has 3 rings (SSSR count). The predicted octanol–water partition coefficient (Wildman–Crippen LogP) is 1.97. The third kappa shape index (κ3) is 4.56. The molecule has 0 amide bonds. The monoisotopic (exact) mass is 546 g/mol. The van der Waals surface area contributed by atoms with E-state index in [1.165, 1.54) is 0 Å². The Balaban J connectivity index is 0.000000238. The van der Waals surface area contributed by atoms with Crippen molar-refractivity contribution in [3.63, 3.8) is 0 Å². The van der Waals surface area contributed by atoms with Crippen LogP contribution in [0.25, 0.3) is 10.9 Å². The average Bonchev–Trinajstić information content (AvgIpc) is 2.84. The standard InChI is InChI=1S/C10H8NO2.C8H11N2.U/c1-6-9(10(12)13)7-4-2-3-5-8(7)11-6;1-7-5-4-6-9-8(7)10(2)3;/h3-5,11H,1H3,(H,12,13);4-6H,1H2,2-3H3;/q2*-1;+2/p-1. The fraction of sp³-hybridized carbons (Fsp3) is 0.167. The second-order valence-corrected chi connectivity index (χ2v) is 5.26. The Bertz CT molecular complexity index is 828. The van der Waals surface area contributed by atoms with E-state index in [2.05, 4.69) is 23.0 Å². The van der Waals surface area contributed by atoms with Gasteiger partial charge in [-0.25, -0.2) is 0 Å². The van der Waals surface area contributed by atoms with Gasteiger partial charge in [-0.15, -0.1) is 17.5 Å². The summed E-state index contributed by atoms with van der Waals surface area (Å²) in [4.78, 5) is 19.8. The van der Waals surface area contributed by atoms with Crippen molar-refractivity contribution in [3.8, 4) is 0 Å². The van der Waals surface area contributed by atoms with Gasteiger partial charge in [-0.3, -0.25) is 0 Å². The number of nitrogens with zero attached hydrogens (tertiary/aromatic N) is 2. The van der Waals surface area contributed by atoms with Crippen molar-refractivity contribution in [1.29, 1.82) is 0 Å². The van der Waals surface area contributed by atoms with E-state index >= 15 is 0 Å². The molecule has 2 heterocycles. The van der Waals surface area contributed by atoms with E-state index in [-0.39, 0.29) is 36.7 Å². The number of carbonyl (C=O) groups is 1. The van der Waals surface area contributed by atoms with Crippen molar-refractivity contribution in [2.45, 2.75) is 6.92 Å². The number of nitrogens with one attached hydrogen (secondary N) is 1. The molecule has 0 saturated carbocycles. The van der Waals surface area contributed by atoms with Gasteiger partial charge in [0, 0.05) is 17.7 Å². The summed E-state index contributed by atoms with van der Waals surface area (Å²) in [6.07, 6.45) is 1.77. The van der Waals surface area contributed by atoms with Gasteiger partial charge in [0.25, 0.3) is 0 Å². The molecule has 24 heavy (non-hydrogen) atoms. The minimum atomic E-state index is -1.15. The number of carboxylic acids is 1. The van der Waals surface area contributed by atoms with E-state index in [4.69, 9.17) is 0 Å². The van der Waals surface area contributed by atoms with Crippen LogP contribution in [0.3, 0.4) is 0 Å². The summed E-state index contributed by atoms with van der Waals surface area (Å²) >= 11 is 0. The topological polar surface area (TPSA) is 72.0 Å². The Hall–Kier alpha value is -1.90. The molecule has 0 saturated heterocycles. The van der Waals surface area contributed by atoms with Gasteiger partial charge in [0.2, 0.25) is 0 Å². The van der Waals surface area contributed by atoms with E-state index in [9.17, 15) is 9.90 Å². The van der Waals surface area contributed by atoms with Crippen molar-refractivity contribution in [2.24, 2.45) is 0 Å². The third-order valence-electron chi connectivity index (χ3n) is 3.33. The molecule has 0 aliphatic rings. The maximum Gasteiger partial charge on any atom is 2.00 e. The number of rotatable bonds is 2. The third-order valence-corrected chi connectivity index (χ3v) is 3.33. The SMILES string of the molecule is Cc1[nH]c2cc[c-]cc2c1C(=O)[O-].[CH2-]c1cccnc1N(C)C.[U+2]. The zero-order chi connectivity index (χ0) is 17.0. The molecule has 0 aliphatic heterocycles. The molecule has 2 aromatic heterocycles. The summed E-state index contributed by atoms with van der Waals surface area (Å²) in [5.41, 5.74) is 2.62. The number of aromatic carboxylic acids is 1. The Morgan fingerprint density at radius 2 is 2.08 bits per heavy atom. The molecule has 122 valence electrons. The molecule has 1 aromatic carbocycles. The second-order valence-electron chi connectivity index (χ2n) is 5.26. The van der Waals surface area contributed by atoms with Gasteiger partial charge in [0.15, 0.2) is 0 Å². The fourth-order valence-electron chi connectivity index (χ4n) is 2.31. The fourth-order valence-corrected chi connectivity index (χ4v) is 2.31. The van der Waals surface area contributed by atoms with Crippen LogP contribution in [0.1, 0.15) is 21.6 Å². The summed E-state index contributed by atoms with van der Waals surface area (Å²) in [5.74, 6) is -0.217. The van der Waals surface area contributed by atoms with Gasteiger partial charge in [-0.05, 0) is 26.6 Å². The number of fused-ring (bicyclic) bond motifs is 1. The van der Waals surface area contributed by atoms with Crippen LogP contribution in [0.5, 0.6) is 0 Å². The van der Waals surface area contributed by atoms with Crippen LogP contribution in [0.2, 0.25) is 0 Å². The van der Waals surface area contributed by atoms with Crippen LogP contribution in [-0.4, -0.2) is 30.0 Å². The van der Waals surface area contributed by atoms with Crippen LogP contribution in [0.15, 0.2) is 36.5 Å². The van der Waals surface area contributed by atoms with Crippen LogP contribution in [-0.2, 0) is 0 Å². The van der Waals surface area contributed by atoms with E-state index in [0.29, 0.717) is 11.1 Å². The summed E-state index contributed by atoms with van der Waals surface area (Å²) in [7, 11) is 3.91. The zero-order valence-electron chi connectivity index (χ0n) is 13.9. The average molecular weight is 546 g/mol. The number of hydrogen-bond acceptors (Lipinski definition) is 4. The molecule has 0 atom stereocenters. The first kappa shape index (κ1) is 20.1. The number of carbonyl (C=O) groups excluding carboxylic acids is 1. The summed E-state index contributed by atoms with van der Waals surface area (Å²) < 4.78 is 0. The van der Waals surface area contributed by atoms with Gasteiger partial charge in [-0.1, -0.05) is 5.52 Å². The number of carboxylic acid groups (broad SMARTS) is 1. The molecule has 0 radical (unpaired) electrons. The van der Waals surface area contributed by atoms with Crippen molar-refractivity contribution < 1.29 is 41.0 Å². The number of pyridine rings is 1. The molecule has 0 aliphatic carbocycles. The van der Waals surface area contributed by atoms with E-state index in [1.54, 1.807) is 31.3 Å². The predicted molar refractivity (Wildman–Crippen MR) is 89.2 cm³/mol. The second kappa shape index (κ2) is 8.82. The minimum Gasteiger partial charge on any atom is -0.546 e. The molecule has 0 spiro atoms. The quantitative estimate of drug-likeness (QED) is 0.500. The van der Waals surface area contributed by atoms with Crippen molar-refractivity contribution >= 4 is 22.7 Å². The molecule has 5 nitrogen and oxygen atoms in total. The Morgan fingerprint density at radius 1 is 1.38 bits per heavy atom. The zero-order valence-corrected chi connectivity index (χ0v) is 18.0. The number of benzene rings is 1. The number of aryl methyl sites for hydroxylation is 1. The maximum atomic E-state index is 10.8. The summed E-state index contributed by atoms with van der Waals surface area (Å²) in [5, 5.41) is 11.4. The van der Waals surface area contributed by atoms with Crippen LogP contribution >= 0.6 is 0 Å². The largest absolute Gasteiger partial charge is 2.00 e. The molecule has 0 bridgehead atoms. The van der Waals surface area contributed by atoms with E-state index in [0.717, 1.165) is 16.9 Å². The van der Waals surface area contributed by atoms with Gasteiger partial charge < -0.3 is 24.8 Å². The number of aromatic amines is 1. The first-order chi connectivity index (χ1) is 10.9. The summed E-state index contributed by atoms with van der Waals surface area (Å²) in [6.45, 7) is 5.55. The van der Waals surface area contributed by atoms with E-state index in [1.807, 2.05) is 31.1 Å². The molecule has 1 N–H and O–H groups in total. The van der Waals surface area contributed by atoms with Crippen molar-refractivity contribution in [1.82, 2.24) is 9.97 Å². The van der Waals surface area contributed by atoms with Crippen molar-refractivity contribution in [3.05, 3.63) is 66.3 Å². The van der Waals surface area contributed by atoms with Crippen molar-refractivity contribution in [2.75, 3.05) is 19.0 Å². The van der Waals surface area contributed by atoms with Gasteiger partial charge >= 0.3 is 31.1 Å². The number of anilines is 1. The van der Waals surface area contributed by atoms with E-state index < -0.39 is 5.97 Å². The van der Waals surface area contributed by atoms with Crippen LogP contribution in [0, 0.1) is 51.0 Å². The minimum absolute atomic E-state index is 0. The Morgan fingerprint density at radius 3 is 2.62 bits per heavy atom. The number of H-pyrrole nitrogens is 1. The molecule has 6 heteroatoms. The van der Waals surface area contributed by atoms with Gasteiger partial charge in [0.1, 0.15) is 0 Å². The normalized spacial score (nSPS) is 9.62. The van der Waals surface area contributed by atoms with Gasteiger partial charge in [-0.2, -0.15) is 36.8 Å². The molecule has 0 unspecified atom stereocenters. The molecule has 3 aromatic rings. The Labute approximate surface area is 165 Å². The smallest absolute Gasteiger partial charge is 0.546 e. The molecular formula is C18H18N3O2U-. The summed E-state index contributed by atoms with van der Waals surface area (Å²) in [6, 6.07) is 11.8. The Kier molecular flexibility index (Phi) is 7.40. The molecule has 0 fully saturated rings. The van der Waals surface area contributed by atoms with Crippen LogP contribution < -0.4 is 10.0 Å². The first-order valence-electron chi connectivity index (χ1n) is 7.06. The van der Waals surface area contributed by atoms with Gasteiger partial charge in [0.05, 0.1) is 5.97 Å². The van der Waals surface area contributed by atoms with Crippen LogP contribution in [0.4, 0.5) is 5.82 Å². The first-order valence-corrected chi connectivity index (χ1v) is 7.06. The number of aromatic nitrogens is 2. The number of hydrogen-bond donors (Lipinski definition) is 1. The molecular weight excluding hydrogens is 528 g/mol. The maximum absolute atomic E-state index is 10.8.